The van der Waals surface area contributed by atoms with Gasteiger partial charge in [-0.2, -0.15) is 5.10 Å². The average molecular weight is 453 g/mol. The third-order valence-corrected chi connectivity index (χ3v) is 4.81. The first-order valence-corrected chi connectivity index (χ1v) is 10.2. The van der Waals surface area contributed by atoms with E-state index in [0.29, 0.717) is 11.2 Å². The molecule has 0 atom stereocenters. The number of hydrazone groups is 1. The van der Waals surface area contributed by atoms with Gasteiger partial charge < -0.3 is 15.6 Å². The molecule has 0 saturated heterocycles. The van der Waals surface area contributed by atoms with Crippen LogP contribution in [0.5, 0.6) is 0 Å². The Labute approximate surface area is 193 Å². The van der Waals surface area contributed by atoms with Crippen LogP contribution < -0.4 is 21.6 Å². The zero-order valence-corrected chi connectivity index (χ0v) is 17.7. The van der Waals surface area contributed by atoms with E-state index in [0.717, 1.165) is 11.6 Å². The van der Waals surface area contributed by atoms with Gasteiger partial charge in [-0.05, 0) is 41.8 Å². The van der Waals surface area contributed by atoms with Gasteiger partial charge in [0.15, 0.2) is 0 Å². The van der Waals surface area contributed by atoms with Crippen molar-refractivity contribution in [2.45, 2.75) is 0 Å². The highest BCUT2D eigenvalue weighted by atomic mass is 16.2. The molecule has 1 heterocycles. The molecule has 168 valence electrons. The maximum absolute atomic E-state index is 12.6. The molecule has 9 nitrogen and oxygen atoms in total. The van der Waals surface area contributed by atoms with Gasteiger partial charge >= 0.3 is 11.8 Å². The molecule has 0 bridgehead atoms. The number of aromatic amines is 1. The minimum atomic E-state index is -1.06. The molecule has 0 aliphatic carbocycles. The van der Waals surface area contributed by atoms with Gasteiger partial charge in [-0.1, -0.05) is 48.5 Å². The van der Waals surface area contributed by atoms with Crippen LogP contribution in [0.1, 0.15) is 15.9 Å². The Bertz CT molecular complexity index is 1460. The summed E-state index contributed by atoms with van der Waals surface area (Å²) in [5.41, 5.74) is 3.50. The second kappa shape index (κ2) is 10.0. The first-order chi connectivity index (χ1) is 16.5. The summed E-state index contributed by atoms with van der Waals surface area (Å²) in [4.78, 5) is 52.0. The predicted octanol–water partition coefficient (Wildman–Crippen LogP) is 2.87. The first-order valence-electron chi connectivity index (χ1n) is 10.2. The van der Waals surface area contributed by atoms with Gasteiger partial charge in [-0.15, -0.1) is 0 Å². The molecule has 0 unspecified atom stereocenters. The van der Waals surface area contributed by atoms with Crippen LogP contribution in [0.15, 0.2) is 94.8 Å². The predicted molar refractivity (Wildman–Crippen MR) is 130 cm³/mol. The molecule has 34 heavy (non-hydrogen) atoms. The molecule has 4 aromatic rings. The molecular formula is C25H19N5O4. The number of aromatic nitrogens is 1. The average Bonchev–Trinajstić information content (AvgIpc) is 2.85. The smallest absolute Gasteiger partial charge is 0.322 e. The highest BCUT2D eigenvalue weighted by Gasteiger charge is 2.17. The summed E-state index contributed by atoms with van der Waals surface area (Å²) in [6, 6.07) is 23.9. The fraction of sp³-hybridized carbons (Fsp3) is 0. The quantitative estimate of drug-likeness (QED) is 0.210. The number of fused-ring (bicyclic) bond motifs is 1. The number of rotatable bonds is 5. The lowest BCUT2D eigenvalue weighted by molar-refractivity contribution is -0.136. The van der Waals surface area contributed by atoms with E-state index in [1.54, 1.807) is 54.6 Å². The number of anilines is 2. The van der Waals surface area contributed by atoms with Crippen molar-refractivity contribution in [1.29, 1.82) is 0 Å². The second-order valence-electron chi connectivity index (χ2n) is 7.16. The van der Waals surface area contributed by atoms with Crippen LogP contribution in [0.2, 0.25) is 0 Å². The van der Waals surface area contributed by atoms with Gasteiger partial charge in [0, 0.05) is 11.2 Å². The molecule has 9 heteroatoms. The van der Waals surface area contributed by atoms with E-state index in [1.807, 2.05) is 18.2 Å². The third-order valence-electron chi connectivity index (χ3n) is 4.81. The molecule has 4 N–H and O–H groups in total. The molecule has 3 aromatic carbocycles. The van der Waals surface area contributed by atoms with Gasteiger partial charge in [-0.3, -0.25) is 19.2 Å². The molecular weight excluding hydrogens is 434 g/mol. The maximum Gasteiger partial charge on any atom is 0.329 e. The Hall–Kier alpha value is -5.05. The lowest BCUT2D eigenvalue weighted by atomic mass is 10.1. The molecule has 0 fully saturated rings. The molecule has 0 aliphatic heterocycles. The van der Waals surface area contributed by atoms with Crippen LogP contribution >= 0.6 is 0 Å². The van der Waals surface area contributed by atoms with E-state index in [1.165, 1.54) is 12.1 Å². The number of carbonyl (C=O) groups excluding carboxylic acids is 3. The van der Waals surface area contributed by atoms with Crippen molar-refractivity contribution in [2.75, 3.05) is 10.6 Å². The van der Waals surface area contributed by atoms with Crippen molar-refractivity contribution in [3.05, 3.63) is 106 Å². The standard InChI is InChI=1S/C25H19N5O4/c31-22-17(14-16-8-4-6-12-20(16)28-22)15-26-30-25(34)24(33)29-21-13-7-5-11-19(21)23(32)27-18-9-2-1-3-10-18/h1-15H,(H,27,32)(H,28,31)(H,29,33)(H,30,34). The Morgan fingerprint density at radius 2 is 1.50 bits per heavy atom. The third kappa shape index (κ3) is 5.22. The van der Waals surface area contributed by atoms with Crippen LogP contribution in [0.4, 0.5) is 11.4 Å². The normalized spacial score (nSPS) is 10.7. The molecule has 0 aliphatic rings. The fourth-order valence-electron chi connectivity index (χ4n) is 3.16. The molecule has 0 spiro atoms. The van der Waals surface area contributed by atoms with Crippen molar-refractivity contribution in [3.63, 3.8) is 0 Å². The number of H-pyrrole nitrogens is 1. The number of carbonyl (C=O) groups is 3. The van der Waals surface area contributed by atoms with Gasteiger partial charge in [0.2, 0.25) is 0 Å². The molecule has 1 aromatic heterocycles. The van der Waals surface area contributed by atoms with Crippen LogP contribution in [-0.2, 0) is 9.59 Å². The van der Waals surface area contributed by atoms with Crippen molar-refractivity contribution in [3.8, 4) is 0 Å². The van der Waals surface area contributed by atoms with E-state index in [9.17, 15) is 19.2 Å². The van der Waals surface area contributed by atoms with Crippen LogP contribution in [0.25, 0.3) is 10.9 Å². The summed E-state index contributed by atoms with van der Waals surface area (Å²) >= 11 is 0. The number of nitrogens with one attached hydrogen (secondary N) is 4. The lowest BCUT2D eigenvalue weighted by Gasteiger charge is -2.11. The lowest BCUT2D eigenvalue weighted by Crippen LogP contribution is -2.33. The van der Waals surface area contributed by atoms with Crippen molar-refractivity contribution >= 4 is 46.2 Å². The second-order valence-corrected chi connectivity index (χ2v) is 7.16. The zero-order valence-electron chi connectivity index (χ0n) is 17.7. The Balaban J connectivity index is 1.41. The number of nitrogens with zero attached hydrogens (tertiary/aromatic N) is 1. The maximum atomic E-state index is 12.6. The number of hydrogen-bond acceptors (Lipinski definition) is 5. The number of benzene rings is 3. The highest BCUT2D eigenvalue weighted by molar-refractivity contribution is 6.40. The summed E-state index contributed by atoms with van der Waals surface area (Å²) in [6.07, 6.45) is 1.15. The Morgan fingerprint density at radius 1 is 0.794 bits per heavy atom. The molecule has 0 saturated carbocycles. The van der Waals surface area contributed by atoms with Gasteiger partial charge in [0.05, 0.1) is 23.0 Å². The van der Waals surface area contributed by atoms with Crippen molar-refractivity contribution < 1.29 is 14.4 Å². The SMILES string of the molecule is O=C(NN=Cc1cc2ccccc2[nH]c1=O)C(=O)Nc1ccccc1C(=O)Nc1ccccc1. The van der Waals surface area contributed by atoms with Gasteiger partial charge in [0.1, 0.15) is 0 Å². The number of amides is 3. The largest absolute Gasteiger partial charge is 0.329 e. The van der Waals surface area contributed by atoms with E-state index >= 15 is 0 Å². The van der Waals surface area contributed by atoms with Crippen molar-refractivity contribution in [1.82, 2.24) is 10.4 Å². The molecule has 3 amide bonds. The minimum Gasteiger partial charge on any atom is -0.322 e. The molecule has 0 radical (unpaired) electrons. The van der Waals surface area contributed by atoms with Crippen LogP contribution in [-0.4, -0.2) is 28.9 Å². The van der Waals surface area contributed by atoms with Crippen LogP contribution in [0, 0.1) is 0 Å². The number of para-hydroxylation sites is 3. The first kappa shape index (κ1) is 22.2. The minimum absolute atomic E-state index is 0.158. The summed E-state index contributed by atoms with van der Waals surface area (Å²) < 4.78 is 0. The highest BCUT2D eigenvalue weighted by Crippen LogP contribution is 2.17. The van der Waals surface area contributed by atoms with E-state index in [-0.39, 0.29) is 22.4 Å². The Morgan fingerprint density at radius 3 is 2.32 bits per heavy atom. The van der Waals surface area contributed by atoms with Crippen LogP contribution in [0.3, 0.4) is 0 Å². The van der Waals surface area contributed by atoms with E-state index in [4.69, 9.17) is 0 Å². The fourth-order valence-corrected chi connectivity index (χ4v) is 3.16. The van der Waals surface area contributed by atoms with Gasteiger partial charge in [-0.25, -0.2) is 5.43 Å². The number of pyridine rings is 1. The van der Waals surface area contributed by atoms with Gasteiger partial charge in [0.25, 0.3) is 11.5 Å². The summed E-state index contributed by atoms with van der Waals surface area (Å²) in [7, 11) is 0. The molecule has 4 rings (SSSR count). The topological polar surface area (TPSA) is 133 Å². The monoisotopic (exact) mass is 453 g/mol. The summed E-state index contributed by atoms with van der Waals surface area (Å²) in [5.74, 6) is -2.53. The summed E-state index contributed by atoms with van der Waals surface area (Å²) in [6.45, 7) is 0. The number of hydrogen-bond donors (Lipinski definition) is 4. The Kier molecular flexibility index (Phi) is 6.55. The summed E-state index contributed by atoms with van der Waals surface area (Å²) in [5, 5.41) is 9.62. The zero-order chi connectivity index (χ0) is 23.9. The van der Waals surface area contributed by atoms with E-state index in [2.05, 4.69) is 26.1 Å². The van der Waals surface area contributed by atoms with E-state index < -0.39 is 17.7 Å². The van der Waals surface area contributed by atoms with Crippen molar-refractivity contribution in [2.24, 2.45) is 5.10 Å².